The van der Waals surface area contributed by atoms with E-state index in [1.165, 1.54) is 16.7 Å². The van der Waals surface area contributed by atoms with Crippen molar-refractivity contribution >= 4 is 11.1 Å². The number of phenols is 1. The van der Waals surface area contributed by atoms with Gasteiger partial charge in [-0.25, -0.2) is 0 Å². The van der Waals surface area contributed by atoms with Gasteiger partial charge in [0.25, 0.3) is 0 Å². The van der Waals surface area contributed by atoms with E-state index in [4.69, 9.17) is 10.5 Å². The van der Waals surface area contributed by atoms with Crippen molar-refractivity contribution in [2.75, 3.05) is 13.2 Å². The summed E-state index contributed by atoms with van der Waals surface area (Å²) in [6.07, 6.45) is 0.894. The molecule has 0 aliphatic carbocycles. The molecule has 0 saturated carbocycles. The maximum absolute atomic E-state index is 9.88. The first-order valence-electron chi connectivity index (χ1n) is 9.66. The monoisotopic (exact) mass is 373 g/mol. The Hall–Kier alpha value is -3.04. The molecule has 3 nitrogen and oxygen atoms in total. The zero-order valence-electron chi connectivity index (χ0n) is 16.5. The second kappa shape index (κ2) is 9.25. The van der Waals surface area contributed by atoms with Gasteiger partial charge in [-0.2, -0.15) is 0 Å². The van der Waals surface area contributed by atoms with Gasteiger partial charge in [-0.05, 0) is 71.0 Å². The highest BCUT2D eigenvalue weighted by Crippen LogP contribution is 2.37. The second-order valence-corrected chi connectivity index (χ2v) is 6.73. The predicted octanol–water partition coefficient (Wildman–Crippen LogP) is 5.41. The molecule has 0 radical (unpaired) electrons. The fourth-order valence-corrected chi connectivity index (χ4v) is 3.48. The van der Waals surface area contributed by atoms with Gasteiger partial charge in [-0.15, -0.1) is 0 Å². The van der Waals surface area contributed by atoms with Crippen LogP contribution in [-0.2, 0) is 0 Å². The van der Waals surface area contributed by atoms with E-state index in [-0.39, 0.29) is 5.75 Å². The molecule has 0 atom stereocenters. The first kappa shape index (κ1) is 19.7. The van der Waals surface area contributed by atoms with Gasteiger partial charge in [0.05, 0.1) is 0 Å². The van der Waals surface area contributed by atoms with Crippen LogP contribution < -0.4 is 10.5 Å². The first-order valence-corrected chi connectivity index (χ1v) is 9.66. The van der Waals surface area contributed by atoms with Crippen LogP contribution in [0.15, 0.2) is 72.8 Å². The summed E-state index contributed by atoms with van der Waals surface area (Å²) >= 11 is 0. The van der Waals surface area contributed by atoms with Crippen LogP contribution in [0.2, 0.25) is 0 Å². The Labute approximate surface area is 167 Å². The molecule has 0 aliphatic heterocycles. The van der Waals surface area contributed by atoms with Crippen LogP contribution in [0.5, 0.6) is 11.5 Å². The van der Waals surface area contributed by atoms with Crippen LogP contribution in [0.25, 0.3) is 11.1 Å². The lowest BCUT2D eigenvalue weighted by Crippen LogP contribution is -2.10. The van der Waals surface area contributed by atoms with Crippen LogP contribution in [-0.4, -0.2) is 18.3 Å². The lowest BCUT2D eigenvalue weighted by atomic mass is 9.86. The Kier molecular flexibility index (Phi) is 6.51. The average molecular weight is 373 g/mol. The summed E-state index contributed by atoms with van der Waals surface area (Å²) in [5.41, 5.74) is 12.5. The molecule has 0 aromatic heterocycles. The highest BCUT2D eigenvalue weighted by molar-refractivity contribution is 5.99. The van der Waals surface area contributed by atoms with Crippen molar-refractivity contribution in [1.29, 1.82) is 0 Å². The molecular formula is C25H27NO2. The van der Waals surface area contributed by atoms with Crippen LogP contribution >= 0.6 is 0 Å². The summed E-state index contributed by atoms with van der Waals surface area (Å²) in [6.45, 7) is 5.21. The van der Waals surface area contributed by atoms with Crippen LogP contribution in [0.1, 0.15) is 35.6 Å². The van der Waals surface area contributed by atoms with Crippen LogP contribution in [0.3, 0.4) is 0 Å². The van der Waals surface area contributed by atoms with Gasteiger partial charge in [0.2, 0.25) is 0 Å². The number of hydrogen-bond acceptors (Lipinski definition) is 3. The summed E-state index contributed by atoms with van der Waals surface area (Å²) in [4.78, 5) is 0. The number of rotatable bonds is 7. The van der Waals surface area contributed by atoms with Crippen LogP contribution in [0, 0.1) is 6.92 Å². The molecule has 0 spiro atoms. The standard InChI is InChI=1S/C25H27NO2/c1-3-23(19-7-5-4-6-8-19)25(24-14-11-21(27)17-18(24)2)20-9-12-22(13-10-20)28-16-15-26/h4-14,17,27H,3,15-16,26H2,1-2H3. The number of hydrogen-bond donors (Lipinski definition) is 2. The normalized spacial score (nSPS) is 11.8. The molecule has 0 aliphatic rings. The Balaban J connectivity index is 2.18. The lowest BCUT2D eigenvalue weighted by Gasteiger charge is -2.18. The summed E-state index contributed by atoms with van der Waals surface area (Å²) < 4.78 is 5.63. The maximum atomic E-state index is 9.88. The van der Waals surface area contributed by atoms with Crippen molar-refractivity contribution in [3.63, 3.8) is 0 Å². The van der Waals surface area contributed by atoms with E-state index >= 15 is 0 Å². The number of allylic oxidation sites excluding steroid dienone is 1. The van der Waals surface area contributed by atoms with Crippen molar-refractivity contribution < 1.29 is 9.84 Å². The SMILES string of the molecule is CCC(=C(c1ccc(OCCN)cc1)c1ccc(O)cc1C)c1ccccc1. The van der Waals surface area contributed by atoms with Crippen LogP contribution in [0.4, 0.5) is 0 Å². The minimum Gasteiger partial charge on any atom is -0.508 e. The molecular weight excluding hydrogens is 346 g/mol. The minimum absolute atomic E-state index is 0.281. The van der Waals surface area contributed by atoms with Crippen molar-refractivity contribution in [1.82, 2.24) is 0 Å². The van der Waals surface area contributed by atoms with Gasteiger partial charge in [-0.1, -0.05) is 55.5 Å². The highest BCUT2D eigenvalue weighted by atomic mass is 16.5. The van der Waals surface area contributed by atoms with E-state index < -0.39 is 0 Å². The number of aromatic hydroxyl groups is 1. The Bertz CT molecular complexity index is 944. The smallest absolute Gasteiger partial charge is 0.119 e. The minimum atomic E-state index is 0.281. The Morgan fingerprint density at radius 1 is 0.929 bits per heavy atom. The van der Waals surface area contributed by atoms with Gasteiger partial charge >= 0.3 is 0 Å². The van der Waals surface area contributed by atoms with Gasteiger partial charge in [0.15, 0.2) is 0 Å². The van der Waals surface area contributed by atoms with Crippen molar-refractivity contribution in [3.05, 3.63) is 95.1 Å². The molecule has 3 heteroatoms. The number of phenolic OH excluding ortho intramolecular Hbond substituents is 1. The van der Waals surface area contributed by atoms with E-state index in [2.05, 4.69) is 43.3 Å². The summed E-state index contributed by atoms with van der Waals surface area (Å²) in [5, 5.41) is 9.88. The van der Waals surface area contributed by atoms with Gasteiger partial charge in [0.1, 0.15) is 18.1 Å². The predicted molar refractivity (Wildman–Crippen MR) is 116 cm³/mol. The first-order chi connectivity index (χ1) is 13.6. The maximum Gasteiger partial charge on any atom is 0.119 e. The number of benzene rings is 3. The van der Waals surface area contributed by atoms with Crippen molar-refractivity contribution in [3.8, 4) is 11.5 Å². The zero-order chi connectivity index (χ0) is 19.9. The van der Waals surface area contributed by atoms with Gasteiger partial charge < -0.3 is 15.6 Å². The summed E-state index contributed by atoms with van der Waals surface area (Å²) in [6, 6.07) is 24.2. The third-order valence-corrected chi connectivity index (χ3v) is 4.79. The molecule has 3 rings (SSSR count). The molecule has 0 fully saturated rings. The second-order valence-electron chi connectivity index (χ2n) is 6.73. The molecule has 0 heterocycles. The van der Waals surface area contributed by atoms with Gasteiger partial charge in [-0.3, -0.25) is 0 Å². The molecule has 0 unspecified atom stereocenters. The largest absolute Gasteiger partial charge is 0.508 e. The van der Waals surface area contributed by atoms with Gasteiger partial charge in [0, 0.05) is 6.54 Å². The topological polar surface area (TPSA) is 55.5 Å². The van der Waals surface area contributed by atoms with E-state index in [1.54, 1.807) is 6.07 Å². The number of nitrogens with two attached hydrogens (primary N) is 1. The summed E-state index contributed by atoms with van der Waals surface area (Å²) in [7, 11) is 0. The third-order valence-electron chi connectivity index (χ3n) is 4.79. The fourth-order valence-electron chi connectivity index (χ4n) is 3.48. The molecule has 0 bridgehead atoms. The Morgan fingerprint density at radius 3 is 2.25 bits per heavy atom. The van der Waals surface area contributed by atoms with E-state index in [9.17, 15) is 5.11 Å². The molecule has 3 N–H and O–H groups in total. The molecule has 144 valence electrons. The highest BCUT2D eigenvalue weighted by Gasteiger charge is 2.15. The third kappa shape index (κ3) is 4.44. The lowest BCUT2D eigenvalue weighted by molar-refractivity contribution is 0.328. The number of aryl methyl sites for hydroxylation is 1. The van der Waals surface area contributed by atoms with E-state index in [0.29, 0.717) is 13.2 Å². The Morgan fingerprint density at radius 2 is 1.64 bits per heavy atom. The molecule has 3 aromatic rings. The fraction of sp³-hybridized carbons (Fsp3) is 0.200. The summed E-state index contributed by atoms with van der Waals surface area (Å²) in [5.74, 6) is 1.10. The van der Waals surface area contributed by atoms with Crippen molar-refractivity contribution in [2.24, 2.45) is 5.73 Å². The zero-order valence-corrected chi connectivity index (χ0v) is 16.5. The molecule has 28 heavy (non-hydrogen) atoms. The van der Waals surface area contributed by atoms with E-state index in [1.807, 2.05) is 37.3 Å². The average Bonchev–Trinajstić information content (AvgIpc) is 2.72. The van der Waals surface area contributed by atoms with E-state index in [0.717, 1.165) is 28.9 Å². The quantitative estimate of drug-likeness (QED) is 0.545. The molecule has 0 saturated heterocycles. The van der Waals surface area contributed by atoms with Crippen molar-refractivity contribution in [2.45, 2.75) is 20.3 Å². The molecule has 0 amide bonds. The number of ether oxygens (including phenoxy) is 1. The molecule has 3 aromatic carbocycles.